The van der Waals surface area contributed by atoms with Crippen LogP contribution in [0.25, 0.3) is 0 Å². The fourth-order valence-corrected chi connectivity index (χ4v) is 3.45. The third kappa shape index (κ3) is 3.94. The molecule has 0 atom stereocenters. The first-order valence-electron chi connectivity index (χ1n) is 6.87. The highest BCUT2D eigenvalue weighted by atomic mass is 32.2. The second-order valence-corrected chi connectivity index (χ2v) is 7.14. The molecular weight excluding hydrogens is 274 g/mol. The Bertz CT molecular complexity index is 529. The Labute approximate surface area is 122 Å². The molecule has 0 aliphatic heterocycles. The van der Waals surface area contributed by atoms with Gasteiger partial charge >= 0.3 is 0 Å². The van der Waals surface area contributed by atoms with Crippen molar-refractivity contribution in [3.8, 4) is 0 Å². The van der Waals surface area contributed by atoms with Crippen molar-refractivity contribution in [1.29, 1.82) is 0 Å². The van der Waals surface area contributed by atoms with Gasteiger partial charge in [0.2, 0.25) is 0 Å². The van der Waals surface area contributed by atoms with Gasteiger partial charge in [0.1, 0.15) is 0 Å². The molecule has 0 saturated carbocycles. The van der Waals surface area contributed by atoms with Crippen LogP contribution < -0.4 is 5.73 Å². The van der Waals surface area contributed by atoms with Gasteiger partial charge in [-0.3, -0.25) is 0 Å². The molecule has 114 valence electrons. The van der Waals surface area contributed by atoms with Crippen LogP contribution in [0.15, 0.2) is 24.3 Å². The molecule has 1 aromatic rings. The Hall–Kier alpha value is -1.11. The van der Waals surface area contributed by atoms with Crippen LogP contribution in [0.3, 0.4) is 0 Å². The predicted molar refractivity (Wildman–Crippen MR) is 83.4 cm³/mol. The van der Waals surface area contributed by atoms with Crippen LogP contribution in [-0.2, 0) is 16.8 Å². The van der Waals surface area contributed by atoms with Crippen LogP contribution in [0, 0.1) is 0 Å². The quantitative estimate of drug-likeness (QED) is 0.784. The summed E-state index contributed by atoms with van der Waals surface area (Å²) in [4.78, 5) is 0. The van der Waals surface area contributed by atoms with E-state index in [2.05, 4.69) is 0 Å². The highest BCUT2D eigenvalue weighted by Crippen LogP contribution is 2.18. The number of hydrogen-bond donors (Lipinski definition) is 1. The van der Waals surface area contributed by atoms with Gasteiger partial charge in [0.05, 0.1) is 0 Å². The lowest BCUT2D eigenvalue weighted by Crippen LogP contribution is -2.44. The fraction of sp³-hybridized carbons (Fsp3) is 0.571. The first kappa shape index (κ1) is 16.9. The Balaban J connectivity index is 3.03. The van der Waals surface area contributed by atoms with Crippen LogP contribution in [0.4, 0.5) is 5.69 Å². The van der Waals surface area contributed by atoms with E-state index in [0.29, 0.717) is 18.8 Å². The first-order valence-corrected chi connectivity index (χ1v) is 8.26. The van der Waals surface area contributed by atoms with Gasteiger partial charge in [0.25, 0.3) is 10.2 Å². The zero-order chi connectivity index (χ0) is 15.3. The molecule has 0 heterocycles. The summed E-state index contributed by atoms with van der Waals surface area (Å²) in [7, 11) is -1.86. The molecule has 1 rings (SSSR count). The number of hydrogen-bond acceptors (Lipinski definition) is 3. The molecule has 0 aromatic heterocycles. The topological polar surface area (TPSA) is 66.6 Å². The number of para-hydroxylation sites is 1. The highest BCUT2D eigenvalue weighted by molar-refractivity contribution is 7.86. The second kappa shape index (κ2) is 7.06. The molecule has 1 aromatic carbocycles. The number of rotatable bonds is 7. The average molecular weight is 299 g/mol. The zero-order valence-electron chi connectivity index (χ0n) is 12.7. The van der Waals surface area contributed by atoms with Crippen LogP contribution in [0.1, 0.15) is 32.8 Å². The fourth-order valence-electron chi connectivity index (χ4n) is 1.84. The molecule has 0 saturated heterocycles. The van der Waals surface area contributed by atoms with Crippen LogP contribution in [0.5, 0.6) is 0 Å². The summed E-state index contributed by atoms with van der Waals surface area (Å²) in [5, 5.41) is 0. The SMILES string of the molecule is CCCN(Cc1ccccc1N)S(=O)(=O)N(C)C(C)C. The Morgan fingerprint density at radius 3 is 2.35 bits per heavy atom. The molecule has 5 nitrogen and oxygen atoms in total. The first-order chi connectivity index (χ1) is 9.30. The number of anilines is 1. The van der Waals surface area contributed by atoms with Crippen molar-refractivity contribution >= 4 is 15.9 Å². The van der Waals surface area contributed by atoms with Crippen molar-refractivity contribution in [2.75, 3.05) is 19.3 Å². The van der Waals surface area contributed by atoms with E-state index in [9.17, 15) is 8.42 Å². The molecular formula is C14H25N3O2S. The lowest BCUT2D eigenvalue weighted by molar-refractivity contribution is 0.330. The van der Waals surface area contributed by atoms with Gasteiger partial charge in [-0.2, -0.15) is 17.0 Å². The van der Waals surface area contributed by atoms with Crippen molar-refractivity contribution in [2.24, 2.45) is 0 Å². The van der Waals surface area contributed by atoms with Gasteiger partial charge < -0.3 is 5.73 Å². The van der Waals surface area contributed by atoms with Crippen LogP contribution in [-0.4, -0.2) is 36.7 Å². The summed E-state index contributed by atoms with van der Waals surface area (Å²) in [5.41, 5.74) is 7.37. The summed E-state index contributed by atoms with van der Waals surface area (Å²) in [6, 6.07) is 7.29. The lowest BCUT2D eigenvalue weighted by atomic mass is 10.2. The number of nitrogens with two attached hydrogens (primary N) is 1. The molecule has 20 heavy (non-hydrogen) atoms. The average Bonchev–Trinajstić information content (AvgIpc) is 2.39. The summed E-state index contributed by atoms with van der Waals surface area (Å²) in [6.45, 7) is 6.47. The summed E-state index contributed by atoms with van der Waals surface area (Å²) in [6.07, 6.45) is 0.762. The van der Waals surface area contributed by atoms with E-state index in [4.69, 9.17) is 5.73 Å². The number of benzene rings is 1. The molecule has 0 aliphatic carbocycles. The van der Waals surface area contributed by atoms with Crippen molar-refractivity contribution < 1.29 is 8.42 Å². The molecule has 0 radical (unpaired) electrons. The Kier molecular flexibility index (Phi) is 5.98. The minimum absolute atomic E-state index is 0.0764. The number of nitrogen functional groups attached to an aromatic ring is 1. The van der Waals surface area contributed by atoms with Crippen LogP contribution >= 0.6 is 0 Å². The molecule has 6 heteroatoms. The van der Waals surface area contributed by atoms with Crippen molar-refractivity contribution in [3.05, 3.63) is 29.8 Å². The summed E-state index contributed by atoms with van der Waals surface area (Å²) < 4.78 is 28.1. The van der Waals surface area contributed by atoms with Crippen molar-refractivity contribution in [2.45, 2.75) is 39.8 Å². The standard InChI is InChI=1S/C14H25N3O2S/c1-5-10-17(20(18,19)16(4)12(2)3)11-13-8-6-7-9-14(13)15/h6-9,12H,5,10-11,15H2,1-4H3. The van der Waals surface area contributed by atoms with Crippen LogP contribution in [0.2, 0.25) is 0 Å². The third-order valence-corrected chi connectivity index (χ3v) is 5.41. The molecule has 0 aliphatic rings. The Morgan fingerprint density at radius 2 is 1.85 bits per heavy atom. The normalized spacial score (nSPS) is 12.6. The largest absolute Gasteiger partial charge is 0.398 e. The smallest absolute Gasteiger partial charge is 0.282 e. The molecule has 0 fully saturated rings. The molecule has 0 amide bonds. The van der Waals surface area contributed by atoms with E-state index in [1.165, 1.54) is 8.61 Å². The van der Waals surface area contributed by atoms with Gasteiger partial charge in [-0.1, -0.05) is 25.1 Å². The highest BCUT2D eigenvalue weighted by Gasteiger charge is 2.28. The van der Waals surface area contributed by atoms with E-state index in [1.54, 1.807) is 13.1 Å². The zero-order valence-corrected chi connectivity index (χ0v) is 13.5. The monoisotopic (exact) mass is 299 g/mol. The van der Waals surface area contributed by atoms with Crippen molar-refractivity contribution in [3.63, 3.8) is 0 Å². The number of nitrogens with zero attached hydrogens (tertiary/aromatic N) is 2. The van der Waals surface area contributed by atoms with Gasteiger partial charge in [-0.15, -0.1) is 0 Å². The Morgan fingerprint density at radius 1 is 1.25 bits per heavy atom. The van der Waals surface area contributed by atoms with E-state index in [0.717, 1.165) is 12.0 Å². The van der Waals surface area contributed by atoms with Gasteiger partial charge in [0.15, 0.2) is 0 Å². The van der Waals surface area contributed by atoms with E-state index in [1.807, 2.05) is 39.0 Å². The molecule has 2 N–H and O–H groups in total. The molecule has 0 spiro atoms. The maximum Gasteiger partial charge on any atom is 0.282 e. The van der Waals surface area contributed by atoms with Gasteiger partial charge in [-0.25, -0.2) is 0 Å². The van der Waals surface area contributed by atoms with E-state index in [-0.39, 0.29) is 6.04 Å². The predicted octanol–water partition coefficient (Wildman–Crippen LogP) is 2.07. The second-order valence-electron chi connectivity index (χ2n) is 5.15. The third-order valence-electron chi connectivity index (χ3n) is 3.29. The summed E-state index contributed by atoms with van der Waals surface area (Å²) in [5.74, 6) is 0. The maximum atomic E-state index is 12.6. The van der Waals surface area contributed by atoms with E-state index >= 15 is 0 Å². The minimum atomic E-state index is -3.47. The maximum absolute atomic E-state index is 12.6. The van der Waals surface area contributed by atoms with Crippen molar-refractivity contribution in [1.82, 2.24) is 8.61 Å². The van der Waals surface area contributed by atoms with Gasteiger partial charge in [-0.05, 0) is 31.9 Å². The minimum Gasteiger partial charge on any atom is -0.398 e. The molecule has 0 unspecified atom stereocenters. The van der Waals surface area contributed by atoms with E-state index < -0.39 is 10.2 Å². The summed E-state index contributed by atoms with van der Waals surface area (Å²) >= 11 is 0. The molecule has 0 bridgehead atoms. The lowest BCUT2D eigenvalue weighted by Gasteiger charge is -2.29. The van der Waals surface area contributed by atoms with Gasteiger partial charge in [0, 0.05) is 31.9 Å².